The zero-order chi connectivity index (χ0) is 19.3. The summed E-state index contributed by atoms with van der Waals surface area (Å²) < 4.78 is 5.63. The molecule has 4 nitrogen and oxygen atoms in total. The summed E-state index contributed by atoms with van der Waals surface area (Å²) in [5.41, 5.74) is -0.666. The first-order valence-electron chi connectivity index (χ1n) is 11.1. The molecule has 3 atom stereocenters. The Morgan fingerprint density at radius 3 is 1.88 bits per heavy atom. The number of hydrogen-bond donors (Lipinski definition) is 2. The number of amides is 1. The molecule has 0 spiro atoms. The van der Waals surface area contributed by atoms with Gasteiger partial charge in [-0.25, -0.2) is 0 Å². The van der Waals surface area contributed by atoms with Crippen LogP contribution in [0.4, 0.5) is 0 Å². The van der Waals surface area contributed by atoms with E-state index in [2.05, 4.69) is 12.2 Å². The zero-order valence-corrected chi connectivity index (χ0v) is 17.5. The molecule has 0 aromatic carbocycles. The van der Waals surface area contributed by atoms with Crippen molar-refractivity contribution in [2.45, 2.75) is 128 Å². The fourth-order valence-electron chi connectivity index (χ4n) is 3.56. The van der Waals surface area contributed by atoms with Crippen molar-refractivity contribution in [2.75, 3.05) is 6.61 Å². The Hall–Kier alpha value is -0.610. The van der Waals surface area contributed by atoms with Crippen LogP contribution in [0, 0.1) is 0 Å². The molecule has 0 aromatic rings. The van der Waals surface area contributed by atoms with Crippen molar-refractivity contribution in [3.63, 3.8) is 0 Å². The van der Waals surface area contributed by atoms with Crippen LogP contribution in [0.1, 0.15) is 111 Å². The molecular formula is C22H43NO3. The van der Waals surface area contributed by atoms with Crippen LogP contribution in [0.25, 0.3) is 0 Å². The summed E-state index contributed by atoms with van der Waals surface area (Å²) >= 11 is 0. The molecular weight excluding hydrogens is 326 g/mol. The summed E-state index contributed by atoms with van der Waals surface area (Å²) in [4.78, 5) is 12.1. The standard InChI is InChI=1S/C22H43NO3/c1-4-5-6-7-8-9-10-11-12-13-14-15-16-17-20-22(3,26-20)21(25)23-19(2)18-24/h19-20,24H,4-18H2,1-3H3,(H,23,25)/t19?,20-,22+/m1/s1. The SMILES string of the molecule is CCCCCCCCCCCCCCC[C@H]1O[C@]1(C)C(=O)NC(C)CO. The highest BCUT2D eigenvalue weighted by atomic mass is 16.6. The van der Waals surface area contributed by atoms with Crippen molar-refractivity contribution < 1.29 is 14.6 Å². The Morgan fingerprint density at radius 2 is 1.42 bits per heavy atom. The highest BCUT2D eigenvalue weighted by Gasteiger charge is 2.57. The largest absolute Gasteiger partial charge is 0.394 e. The van der Waals surface area contributed by atoms with E-state index in [0.717, 1.165) is 12.8 Å². The Balaban J connectivity index is 1.88. The maximum atomic E-state index is 12.1. The van der Waals surface area contributed by atoms with Gasteiger partial charge < -0.3 is 15.2 Å². The van der Waals surface area contributed by atoms with Gasteiger partial charge in [0.05, 0.1) is 12.7 Å². The van der Waals surface area contributed by atoms with Gasteiger partial charge in [-0.15, -0.1) is 0 Å². The van der Waals surface area contributed by atoms with Crippen molar-refractivity contribution in [3.8, 4) is 0 Å². The van der Waals surface area contributed by atoms with Gasteiger partial charge in [0.15, 0.2) is 5.60 Å². The molecule has 26 heavy (non-hydrogen) atoms. The predicted molar refractivity (Wildman–Crippen MR) is 108 cm³/mol. The number of ether oxygens (including phenoxy) is 1. The molecule has 1 heterocycles. The number of carbonyl (C=O) groups is 1. The fraction of sp³-hybridized carbons (Fsp3) is 0.955. The highest BCUT2D eigenvalue weighted by Crippen LogP contribution is 2.39. The van der Waals surface area contributed by atoms with Crippen molar-refractivity contribution in [3.05, 3.63) is 0 Å². The van der Waals surface area contributed by atoms with E-state index < -0.39 is 5.60 Å². The van der Waals surface area contributed by atoms with Gasteiger partial charge in [0, 0.05) is 6.04 Å². The molecule has 1 unspecified atom stereocenters. The average Bonchev–Trinajstić information content (AvgIpc) is 3.30. The number of hydrogen-bond acceptors (Lipinski definition) is 3. The van der Waals surface area contributed by atoms with Crippen LogP contribution in [-0.4, -0.2) is 35.4 Å². The molecule has 1 aliphatic rings. The van der Waals surface area contributed by atoms with Gasteiger partial charge in [0.25, 0.3) is 5.91 Å². The molecule has 1 saturated heterocycles. The molecule has 1 amide bonds. The first-order chi connectivity index (χ1) is 12.5. The Morgan fingerprint density at radius 1 is 0.962 bits per heavy atom. The number of aliphatic hydroxyl groups excluding tert-OH is 1. The lowest BCUT2D eigenvalue weighted by atomic mass is 10.00. The summed E-state index contributed by atoms with van der Waals surface area (Å²) in [7, 11) is 0. The Kier molecular flexibility index (Phi) is 12.2. The third-order valence-corrected chi connectivity index (χ3v) is 5.62. The van der Waals surface area contributed by atoms with E-state index in [9.17, 15) is 4.79 Å². The van der Waals surface area contributed by atoms with Crippen molar-refractivity contribution >= 4 is 5.91 Å². The molecule has 0 bridgehead atoms. The van der Waals surface area contributed by atoms with E-state index in [4.69, 9.17) is 9.84 Å². The summed E-state index contributed by atoms with van der Waals surface area (Å²) in [6, 6.07) is -0.208. The summed E-state index contributed by atoms with van der Waals surface area (Å²) in [6.07, 6.45) is 18.6. The number of aliphatic hydroxyl groups is 1. The quantitative estimate of drug-likeness (QED) is 0.276. The van der Waals surface area contributed by atoms with E-state index in [1.54, 1.807) is 6.92 Å². The van der Waals surface area contributed by atoms with E-state index in [-0.39, 0.29) is 24.7 Å². The number of nitrogens with one attached hydrogen (secondary N) is 1. The highest BCUT2D eigenvalue weighted by molar-refractivity contribution is 5.88. The Bertz CT molecular complexity index is 374. The van der Waals surface area contributed by atoms with Crippen LogP contribution in [0.3, 0.4) is 0 Å². The van der Waals surface area contributed by atoms with Crippen molar-refractivity contribution in [1.29, 1.82) is 0 Å². The lowest BCUT2D eigenvalue weighted by molar-refractivity contribution is -0.126. The first kappa shape index (κ1) is 23.4. The fourth-order valence-corrected chi connectivity index (χ4v) is 3.56. The van der Waals surface area contributed by atoms with Crippen LogP contribution in [-0.2, 0) is 9.53 Å². The van der Waals surface area contributed by atoms with Crippen LogP contribution in [0.2, 0.25) is 0 Å². The van der Waals surface area contributed by atoms with E-state index in [1.165, 1.54) is 77.0 Å². The normalized spacial score (nSPS) is 23.0. The van der Waals surface area contributed by atoms with Crippen LogP contribution in [0.15, 0.2) is 0 Å². The second kappa shape index (κ2) is 13.5. The molecule has 1 fully saturated rings. The molecule has 1 rings (SSSR count). The monoisotopic (exact) mass is 369 g/mol. The predicted octanol–water partition coefficient (Wildman–Crippen LogP) is 5.12. The minimum absolute atomic E-state index is 0.0364. The molecule has 0 saturated carbocycles. The van der Waals surface area contributed by atoms with Crippen molar-refractivity contribution in [2.24, 2.45) is 0 Å². The van der Waals surface area contributed by atoms with Gasteiger partial charge in [-0.3, -0.25) is 4.79 Å². The van der Waals surface area contributed by atoms with E-state index >= 15 is 0 Å². The number of rotatable bonds is 17. The maximum absolute atomic E-state index is 12.1. The second-order valence-corrected chi connectivity index (χ2v) is 8.30. The lowest BCUT2D eigenvalue weighted by Gasteiger charge is -2.13. The zero-order valence-electron chi connectivity index (χ0n) is 17.5. The molecule has 0 radical (unpaired) electrons. The molecule has 2 N–H and O–H groups in total. The van der Waals surface area contributed by atoms with E-state index in [0.29, 0.717) is 0 Å². The van der Waals surface area contributed by atoms with Gasteiger partial charge in [-0.1, -0.05) is 90.4 Å². The average molecular weight is 370 g/mol. The van der Waals surface area contributed by atoms with Gasteiger partial charge in [0.2, 0.25) is 0 Å². The minimum atomic E-state index is -0.666. The number of unbranched alkanes of at least 4 members (excludes halogenated alkanes) is 12. The molecule has 0 aromatic heterocycles. The maximum Gasteiger partial charge on any atom is 0.254 e. The summed E-state index contributed by atoms with van der Waals surface area (Å²) in [5.74, 6) is -0.0845. The summed E-state index contributed by atoms with van der Waals surface area (Å²) in [6.45, 7) is 5.89. The van der Waals surface area contributed by atoms with Crippen LogP contribution < -0.4 is 5.32 Å². The van der Waals surface area contributed by atoms with Gasteiger partial charge in [0.1, 0.15) is 0 Å². The first-order valence-corrected chi connectivity index (χ1v) is 11.1. The van der Waals surface area contributed by atoms with Gasteiger partial charge >= 0.3 is 0 Å². The van der Waals surface area contributed by atoms with Crippen molar-refractivity contribution in [1.82, 2.24) is 5.32 Å². The van der Waals surface area contributed by atoms with Gasteiger partial charge in [-0.2, -0.15) is 0 Å². The van der Waals surface area contributed by atoms with Crippen LogP contribution in [0.5, 0.6) is 0 Å². The third-order valence-electron chi connectivity index (χ3n) is 5.62. The second-order valence-electron chi connectivity index (χ2n) is 8.30. The van der Waals surface area contributed by atoms with Gasteiger partial charge in [-0.05, 0) is 20.3 Å². The Labute approximate surface area is 161 Å². The molecule has 0 aliphatic carbocycles. The van der Waals surface area contributed by atoms with E-state index in [1.807, 2.05) is 6.92 Å². The number of carbonyl (C=O) groups excluding carboxylic acids is 1. The third kappa shape index (κ3) is 9.36. The molecule has 4 heteroatoms. The molecule has 1 aliphatic heterocycles. The van der Waals surface area contributed by atoms with Crippen LogP contribution >= 0.6 is 0 Å². The lowest BCUT2D eigenvalue weighted by Crippen LogP contribution is -2.43. The number of epoxide rings is 1. The topological polar surface area (TPSA) is 61.9 Å². The smallest absolute Gasteiger partial charge is 0.254 e. The molecule has 154 valence electrons. The summed E-state index contributed by atoms with van der Waals surface area (Å²) in [5, 5.41) is 11.8. The minimum Gasteiger partial charge on any atom is -0.394 e.